The number of hydrogen-bond acceptors (Lipinski definition) is 4. The van der Waals surface area contributed by atoms with Crippen LogP contribution in [0.25, 0.3) is 0 Å². The zero-order valence-corrected chi connectivity index (χ0v) is 13.4. The van der Waals surface area contributed by atoms with E-state index < -0.39 is 28.0 Å². The molecule has 2 heterocycles. The highest BCUT2D eigenvalue weighted by Gasteiger charge is 2.45. The molecule has 2 amide bonds. The van der Waals surface area contributed by atoms with Gasteiger partial charge in [0.2, 0.25) is 11.8 Å². The number of hydrogen-bond donors (Lipinski definition) is 1. The Bertz CT molecular complexity index is 568. The number of amides is 2. The number of piperazine rings is 1. The Morgan fingerprint density at radius 3 is 2.52 bits per heavy atom. The molecule has 3 unspecified atom stereocenters. The van der Waals surface area contributed by atoms with Crippen LogP contribution in [0.4, 0.5) is 0 Å². The third kappa shape index (κ3) is 3.12. The molecule has 0 aromatic rings. The first-order valence-corrected chi connectivity index (χ1v) is 9.02. The molecule has 21 heavy (non-hydrogen) atoms. The van der Waals surface area contributed by atoms with Crippen molar-refractivity contribution in [1.29, 1.82) is 0 Å². The minimum Gasteiger partial charge on any atom is -0.342 e. The van der Waals surface area contributed by atoms with Gasteiger partial charge in [0, 0.05) is 5.41 Å². The summed E-state index contributed by atoms with van der Waals surface area (Å²) in [7, 11) is -3.27. The number of sulfone groups is 1. The van der Waals surface area contributed by atoms with Crippen LogP contribution >= 0.6 is 0 Å². The topological polar surface area (TPSA) is 83.6 Å². The Morgan fingerprint density at radius 2 is 2.05 bits per heavy atom. The van der Waals surface area contributed by atoms with Crippen molar-refractivity contribution in [2.45, 2.75) is 51.7 Å². The molecule has 0 aliphatic carbocycles. The Kier molecular flexibility index (Phi) is 4.41. The van der Waals surface area contributed by atoms with Crippen LogP contribution in [-0.2, 0) is 19.4 Å². The van der Waals surface area contributed by atoms with Crippen molar-refractivity contribution >= 4 is 21.7 Å². The van der Waals surface area contributed by atoms with Gasteiger partial charge in [0.1, 0.15) is 12.1 Å². The molecule has 1 fully saturated rings. The van der Waals surface area contributed by atoms with Gasteiger partial charge in [0.25, 0.3) is 0 Å². The van der Waals surface area contributed by atoms with Crippen LogP contribution in [0.1, 0.15) is 33.6 Å². The van der Waals surface area contributed by atoms with Crippen LogP contribution in [0.3, 0.4) is 0 Å². The smallest absolute Gasteiger partial charge is 0.246 e. The van der Waals surface area contributed by atoms with Gasteiger partial charge in [-0.25, -0.2) is 8.42 Å². The normalized spacial score (nSPS) is 31.8. The summed E-state index contributed by atoms with van der Waals surface area (Å²) in [4.78, 5) is 26.4. The van der Waals surface area contributed by atoms with Gasteiger partial charge < -0.3 is 10.2 Å². The molecule has 2 aliphatic heterocycles. The van der Waals surface area contributed by atoms with Gasteiger partial charge in [-0.3, -0.25) is 9.59 Å². The maximum absolute atomic E-state index is 12.7. The first-order valence-electron chi connectivity index (χ1n) is 7.30. The summed E-state index contributed by atoms with van der Waals surface area (Å²) in [5, 5.41) is 3.91. The zero-order chi connectivity index (χ0) is 15.8. The molecular weight excluding hydrogens is 292 g/mol. The van der Waals surface area contributed by atoms with Crippen molar-refractivity contribution in [3.8, 4) is 0 Å². The van der Waals surface area contributed by atoms with Gasteiger partial charge in [0.05, 0.1) is 11.8 Å². The first-order chi connectivity index (χ1) is 9.76. The lowest BCUT2D eigenvalue weighted by Gasteiger charge is -2.43. The van der Waals surface area contributed by atoms with Crippen LogP contribution in [0.15, 0.2) is 11.5 Å². The van der Waals surface area contributed by atoms with Gasteiger partial charge in [-0.15, -0.1) is 0 Å². The van der Waals surface area contributed by atoms with E-state index in [9.17, 15) is 18.0 Å². The predicted molar refractivity (Wildman–Crippen MR) is 79.0 cm³/mol. The molecule has 0 saturated carbocycles. The van der Waals surface area contributed by atoms with Crippen molar-refractivity contribution in [2.75, 3.05) is 5.75 Å². The van der Waals surface area contributed by atoms with E-state index >= 15 is 0 Å². The van der Waals surface area contributed by atoms with E-state index in [1.54, 1.807) is 0 Å². The van der Waals surface area contributed by atoms with E-state index in [4.69, 9.17) is 0 Å². The lowest BCUT2D eigenvalue weighted by molar-refractivity contribution is -0.152. The summed E-state index contributed by atoms with van der Waals surface area (Å²) in [6.45, 7) is 5.66. The van der Waals surface area contributed by atoms with Crippen molar-refractivity contribution in [3.63, 3.8) is 0 Å². The number of carbonyl (C=O) groups excluding carboxylic acids is 2. The van der Waals surface area contributed by atoms with E-state index in [0.717, 1.165) is 11.8 Å². The highest BCUT2D eigenvalue weighted by Crippen LogP contribution is 2.25. The summed E-state index contributed by atoms with van der Waals surface area (Å²) in [6, 6.07) is -1.71. The highest BCUT2D eigenvalue weighted by molar-refractivity contribution is 7.94. The second-order valence-corrected chi connectivity index (χ2v) is 7.94. The first kappa shape index (κ1) is 16.0. The van der Waals surface area contributed by atoms with Crippen molar-refractivity contribution in [1.82, 2.24) is 10.2 Å². The summed E-state index contributed by atoms with van der Waals surface area (Å²) < 4.78 is 23.3. The molecule has 118 valence electrons. The van der Waals surface area contributed by atoms with Crippen LogP contribution in [0.2, 0.25) is 0 Å². The lowest BCUT2D eigenvalue weighted by atomic mass is 9.94. The molecule has 2 aliphatic rings. The standard InChI is InChI=1S/C14H22N2O4S/c1-4-5-11-14(18)16(10-6-7-21(19,20)8-10)12(9(2)3)13(17)15-11/h6-7,9-12H,4-5,8H2,1-3H3,(H,15,17). The van der Waals surface area contributed by atoms with Crippen LogP contribution in [0, 0.1) is 5.92 Å². The SMILES string of the molecule is CCCC1NC(=O)C(C(C)C)N(C2C=CS(=O)(=O)C2)C1=O. The number of nitrogens with one attached hydrogen (secondary N) is 1. The van der Waals surface area contributed by atoms with Gasteiger partial charge in [-0.1, -0.05) is 27.2 Å². The molecule has 1 saturated heterocycles. The number of carbonyl (C=O) groups is 2. The average molecular weight is 314 g/mol. The van der Waals surface area contributed by atoms with Crippen molar-refractivity contribution in [2.24, 2.45) is 5.92 Å². The third-order valence-electron chi connectivity index (χ3n) is 3.91. The number of rotatable bonds is 4. The van der Waals surface area contributed by atoms with E-state index in [0.29, 0.717) is 6.42 Å². The van der Waals surface area contributed by atoms with E-state index in [2.05, 4.69) is 5.32 Å². The van der Waals surface area contributed by atoms with Crippen LogP contribution in [-0.4, -0.2) is 49.0 Å². The van der Waals surface area contributed by atoms with E-state index in [-0.39, 0.29) is 23.5 Å². The van der Waals surface area contributed by atoms with Crippen molar-refractivity contribution in [3.05, 3.63) is 11.5 Å². The molecule has 1 N–H and O–H groups in total. The minimum absolute atomic E-state index is 0.0757. The molecule has 0 aromatic heterocycles. The summed E-state index contributed by atoms with van der Waals surface area (Å²) in [5.74, 6) is -0.579. The fourth-order valence-corrected chi connectivity index (χ4v) is 4.25. The second-order valence-electron chi connectivity index (χ2n) is 6.01. The average Bonchev–Trinajstić information content (AvgIpc) is 2.73. The summed E-state index contributed by atoms with van der Waals surface area (Å²) in [6.07, 6.45) is 2.86. The third-order valence-corrected chi connectivity index (χ3v) is 5.29. The molecule has 2 rings (SSSR count). The van der Waals surface area contributed by atoms with Crippen molar-refractivity contribution < 1.29 is 18.0 Å². The van der Waals surface area contributed by atoms with Gasteiger partial charge in [-0.2, -0.15) is 0 Å². The highest BCUT2D eigenvalue weighted by atomic mass is 32.2. The Hall–Kier alpha value is -1.37. The molecule has 0 bridgehead atoms. The van der Waals surface area contributed by atoms with Gasteiger partial charge >= 0.3 is 0 Å². The van der Waals surface area contributed by atoms with Crippen LogP contribution in [0.5, 0.6) is 0 Å². The molecule has 0 radical (unpaired) electrons. The predicted octanol–water partition coefficient (Wildman–Crippen LogP) is 0.449. The Labute approximate surface area is 125 Å². The Balaban J connectivity index is 2.33. The minimum atomic E-state index is -3.27. The molecular formula is C14H22N2O4S. The lowest BCUT2D eigenvalue weighted by Crippen LogP contribution is -2.67. The second kappa shape index (κ2) is 5.79. The zero-order valence-electron chi connectivity index (χ0n) is 12.6. The molecule has 3 atom stereocenters. The quantitative estimate of drug-likeness (QED) is 0.816. The monoisotopic (exact) mass is 314 g/mol. The Morgan fingerprint density at radius 1 is 1.38 bits per heavy atom. The van der Waals surface area contributed by atoms with Crippen LogP contribution < -0.4 is 5.32 Å². The fourth-order valence-electron chi connectivity index (χ4n) is 2.97. The molecule has 0 spiro atoms. The molecule has 0 aromatic carbocycles. The van der Waals surface area contributed by atoms with E-state index in [1.165, 1.54) is 11.0 Å². The number of nitrogens with zero attached hydrogens (tertiary/aromatic N) is 1. The fraction of sp³-hybridized carbons (Fsp3) is 0.714. The van der Waals surface area contributed by atoms with Gasteiger partial charge in [-0.05, 0) is 18.4 Å². The van der Waals surface area contributed by atoms with Gasteiger partial charge in [0.15, 0.2) is 9.84 Å². The largest absolute Gasteiger partial charge is 0.342 e. The maximum Gasteiger partial charge on any atom is 0.246 e. The summed E-state index contributed by atoms with van der Waals surface area (Å²) >= 11 is 0. The molecule has 6 nitrogen and oxygen atoms in total. The van der Waals surface area contributed by atoms with E-state index in [1.807, 2.05) is 20.8 Å². The maximum atomic E-state index is 12.7. The summed E-state index contributed by atoms with van der Waals surface area (Å²) in [5.41, 5.74) is 0. The molecule has 7 heteroatoms.